The van der Waals surface area contributed by atoms with E-state index < -0.39 is 11.8 Å². The van der Waals surface area contributed by atoms with Gasteiger partial charge in [0.25, 0.3) is 0 Å². The summed E-state index contributed by atoms with van der Waals surface area (Å²) >= 11 is -0.449. The molecule has 228 valence electrons. The van der Waals surface area contributed by atoms with Gasteiger partial charge in [-0.2, -0.15) is 0 Å². The third kappa shape index (κ3) is 8.26. The van der Waals surface area contributed by atoms with E-state index in [9.17, 15) is 19.2 Å². The SMILES string of the molecule is COc1cc2[se]c(C(=O)CCC(=O)NO)cc2cc1OCCCOc1cc2cc(C(=O)CCC(=O)NO)[se]c2cc1OC. The molecule has 0 aliphatic carbocycles. The molecule has 2 aromatic carbocycles. The first-order valence-electron chi connectivity index (χ1n) is 13.2. The summed E-state index contributed by atoms with van der Waals surface area (Å²) in [5.74, 6) is 0.721. The average molecular weight is 724 g/mol. The van der Waals surface area contributed by atoms with Gasteiger partial charge in [0, 0.05) is 0 Å². The van der Waals surface area contributed by atoms with Gasteiger partial charge in [-0.15, -0.1) is 0 Å². The van der Waals surface area contributed by atoms with Crippen molar-refractivity contribution in [3.63, 3.8) is 0 Å². The quantitative estimate of drug-likeness (QED) is 0.0443. The fourth-order valence-corrected chi connectivity index (χ4v) is 8.52. The number of amides is 2. The van der Waals surface area contributed by atoms with Gasteiger partial charge >= 0.3 is 259 Å². The van der Waals surface area contributed by atoms with Crippen LogP contribution in [0.3, 0.4) is 0 Å². The number of hydrogen-bond acceptors (Lipinski definition) is 10. The van der Waals surface area contributed by atoms with Gasteiger partial charge in [-0.05, 0) is 0 Å². The summed E-state index contributed by atoms with van der Waals surface area (Å²) in [5, 5.41) is 19.0. The van der Waals surface area contributed by atoms with Gasteiger partial charge in [0.05, 0.1) is 0 Å². The van der Waals surface area contributed by atoms with Crippen molar-refractivity contribution in [3.05, 3.63) is 45.3 Å². The van der Waals surface area contributed by atoms with Crippen molar-refractivity contribution in [1.29, 1.82) is 0 Å². The van der Waals surface area contributed by atoms with Gasteiger partial charge in [0.15, 0.2) is 0 Å². The predicted octanol–water partition coefficient (Wildman–Crippen LogP) is 2.91. The van der Waals surface area contributed by atoms with Gasteiger partial charge in [0.2, 0.25) is 0 Å². The van der Waals surface area contributed by atoms with E-state index in [0.717, 1.165) is 19.3 Å². The first-order valence-corrected chi connectivity index (χ1v) is 16.6. The number of fused-ring (bicyclic) bond motifs is 2. The second kappa shape index (κ2) is 15.2. The van der Waals surface area contributed by atoms with Gasteiger partial charge in [-0.25, -0.2) is 0 Å². The van der Waals surface area contributed by atoms with E-state index in [1.54, 1.807) is 14.2 Å². The van der Waals surface area contributed by atoms with Crippen molar-refractivity contribution in [2.75, 3.05) is 27.4 Å². The molecule has 14 heteroatoms. The number of hydrogen-bond donors (Lipinski definition) is 4. The number of carbonyl (C=O) groups is 4. The Balaban J connectivity index is 1.35. The van der Waals surface area contributed by atoms with Crippen LogP contribution in [0.5, 0.6) is 23.0 Å². The molecule has 0 atom stereocenters. The van der Waals surface area contributed by atoms with E-state index >= 15 is 0 Å². The zero-order valence-electron chi connectivity index (χ0n) is 23.4. The standard InChI is InChI=1S/C29H30N2O10Se2/c1-38-20-14-24-16(12-26(42-24)18(32)4-6-28(34)30-36)10-22(20)40-8-3-9-41-23-11-17-13-27(19(33)5-7-29(35)31-37)43-25(17)15-21(23)39-2/h10-15,36-37H,3-9H2,1-2H3,(H,30,34)(H,31,35). The third-order valence-electron chi connectivity index (χ3n) is 6.37. The van der Waals surface area contributed by atoms with Crippen LogP contribution in [0, 0.1) is 0 Å². The van der Waals surface area contributed by atoms with Crippen LogP contribution in [-0.4, -0.2) is 90.2 Å². The van der Waals surface area contributed by atoms with Crippen molar-refractivity contribution in [2.24, 2.45) is 0 Å². The average Bonchev–Trinajstić information content (AvgIpc) is 3.64. The molecule has 12 nitrogen and oxygen atoms in total. The van der Waals surface area contributed by atoms with Crippen LogP contribution in [0.4, 0.5) is 0 Å². The topological polar surface area (TPSA) is 170 Å². The summed E-state index contributed by atoms with van der Waals surface area (Å²) in [6, 6.07) is 11.0. The fourth-order valence-electron chi connectivity index (χ4n) is 4.15. The maximum atomic E-state index is 12.5. The van der Waals surface area contributed by atoms with Crippen LogP contribution in [-0.2, 0) is 9.59 Å². The molecule has 43 heavy (non-hydrogen) atoms. The minimum absolute atomic E-state index is 0.0193. The maximum absolute atomic E-state index is 12.5. The Hall–Kier alpha value is -3.64. The van der Waals surface area contributed by atoms with E-state index in [4.69, 9.17) is 29.4 Å². The van der Waals surface area contributed by atoms with Gasteiger partial charge < -0.3 is 0 Å². The van der Waals surface area contributed by atoms with Crippen molar-refractivity contribution in [1.82, 2.24) is 11.0 Å². The summed E-state index contributed by atoms with van der Waals surface area (Å²) < 4.78 is 26.2. The molecule has 4 N–H and O–H groups in total. The van der Waals surface area contributed by atoms with Crippen LogP contribution in [0.1, 0.15) is 50.6 Å². The molecule has 4 aromatic rings. The Bertz CT molecular complexity index is 1530. The number of Topliss-reactive ketones (excluding diaryl/α,β-unsaturated/α-hetero) is 2. The Kier molecular flexibility index (Phi) is 11.4. The van der Waals surface area contributed by atoms with E-state index in [2.05, 4.69) is 0 Å². The molecule has 0 aliphatic rings. The zero-order valence-corrected chi connectivity index (χ0v) is 26.8. The molecule has 0 radical (unpaired) electrons. The molecular weight excluding hydrogens is 694 g/mol. The number of carbonyl (C=O) groups excluding carboxylic acids is 4. The summed E-state index contributed by atoms with van der Waals surface area (Å²) in [5.41, 5.74) is 3.07. The summed E-state index contributed by atoms with van der Waals surface area (Å²) in [6.45, 7) is 0.671. The van der Waals surface area contributed by atoms with E-state index in [0.29, 0.717) is 51.5 Å². The number of benzene rings is 2. The summed E-state index contributed by atoms with van der Waals surface area (Å²) in [7, 11) is 3.10. The number of nitrogens with one attached hydrogen (secondary N) is 2. The number of ether oxygens (including phenoxy) is 4. The molecule has 0 saturated heterocycles. The Morgan fingerprint density at radius 2 is 1.05 bits per heavy atom. The Morgan fingerprint density at radius 3 is 1.42 bits per heavy atom. The van der Waals surface area contributed by atoms with Crippen LogP contribution in [0.2, 0.25) is 0 Å². The molecule has 0 fully saturated rings. The van der Waals surface area contributed by atoms with E-state index in [-0.39, 0.29) is 66.3 Å². The summed E-state index contributed by atoms with van der Waals surface area (Å²) in [4.78, 5) is 47.5. The molecule has 2 heterocycles. The second-order valence-corrected chi connectivity index (χ2v) is 13.8. The van der Waals surface area contributed by atoms with E-state index in [1.807, 2.05) is 36.4 Å². The van der Waals surface area contributed by atoms with Crippen molar-refractivity contribution < 1.29 is 48.5 Å². The molecule has 0 unspecified atom stereocenters. The first-order chi connectivity index (χ1) is 20.8. The monoisotopic (exact) mass is 726 g/mol. The van der Waals surface area contributed by atoms with Crippen LogP contribution < -0.4 is 29.9 Å². The van der Waals surface area contributed by atoms with Crippen molar-refractivity contribution >= 4 is 71.7 Å². The third-order valence-corrected chi connectivity index (χ3v) is 11.1. The molecule has 4 rings (SSSR count). The fraction of sp³-hybridized carbons (Fsp3) is 0.310. The number of ketones is 2. The molecule has 2 aromatic heterocycles. The normalized spacial score (nSPS) is 10.9. The van der Waals surface area contributed by atoms with Crippen molar-refractivity contribution in [2.45, 2.75) is 32.1 Å². The molecular formula is C29H30N2O10Se2. The molecule has 0 saturated carbocycles. The number of hydroxylamine groups is 2. The van der Waals surface area contributed by atoms with Crippen LogP contribution in [0.25, 0.3) is 19.3 Å². The predicted molar refractivity (Wildman–Crippen MR) is 157 cm³/mol. The Morgan fingerprint density at radius 1 is 0.628 bits per heavy atom. The Labute approximate surface area is 258 Å². The van der Waals surface area contributed by atoms with Crippen LogP contribution in [0.15, 0.2) is 36.4 Å². The van der Waals surface area contributed by atoms with Crippen molar-refractivity contribution in [3.8, 4) is 23.0 Å². The number of rotatable bonds is 16. The number of methoxy groups -OCH3 is 2. The summed E-state index contributed by atoms with van der Waals surface area (Å²) in [6.07, 6.45) is 0.424. The molecule has 0 aliphatic heterocycles. The minimum atomic E-state index is -0.602. The zero-order chi connectivity index (χ0) is 30.9. The molecule has 2 amide bonds. The van der Waals surface area contributed by atoms with E-state index in [1.165, 1.54) is 11.0 Å². The second-order valence-electron chi connectivity index (χ2n) is 9.27. The first kappa shape index (κ1) is 32.3. The van der Waals surface area contributed by atoms with Gasteiger partial charge in [-0.3, -0.25) is 0 Å². The molecule has 0 spiro atoms. The van der Waals surface area contributed by atoms with Gasteiger partial charge in [0.1, 0.15) is 0 Å². The van der Waals surface area contributed by atoms with Gasteiger partial charge in [-0.1, -0.05) is 0 Å². The molecule has 0 bridgehead atoms. The van der Waals surface area contributed by atoms with Crippen LogP contribution >= 0.6 is 0 Å².